The minimum absolute atomic E-state index is 0.627. The molecule has 3 rings (SSSR count). The lowest BCUT2D eigenvalue weighted by atomic mass is 10.1. The Bertz CT molecular complexity index is 458. The van der Waals surface area contributed by atoms with Gasteiger partial charge in [-0.1, -0.05) is 30.3 Å². The standard InChI is InChI=1S/C13H14N2S/c1-2-4-10(5-3-1)12-9-16-13(15-12)11-6-7-14-8-11/h1-5,9,11,14H,6-8H2. The van der Waals surface area contributed by atoms with Crippen molar-refractivity contribution in [1.82, 2.24) is 10.3 Å². The van der Waals surface area contributed by atoms with Crippen LogP contribution in [0.25, 0.3) is 11.3 Å². The summed E-state index contributed by atoms with van der Waals surface area (Å²) in [5.41, 5.74) is 2.34. The third-order valence-corrected chi connectivity index (χ3v) is 4.01. The third kappa shape index (κ3) is 1.88. The highest BCUT2D eigenvalue weighted by Crippen LogP contribution is 2.29. The van der Waals surface area contributed by atoms with Gasteiger partial charge in [-0.05, 0) is 13.0 Å². The van der Waals surface area contributed by atoms with Crippen LogP contribution in [-0.4, -0.2) is 18.1 Å². The lowest BCUT2D eigenvalue weighted by molar-refractivity contribution is 0.756. The van der Waals surface area contributed by atoms with Crippen LogP contribution >= 0.6 is 11.3 Å². The molecule has 1 N–H and O–H groups in total. The summed E-state index contributed by atoms with van der Waals surface area (Å²) < 4.78 is 0. The maximum absolute atomic E-state index is 4.74. The predicted molar refractivity (Wildman–Crippen MR) is 67.8 cm³/mol. The minimum Gasteiger partial charge on any atom is -0.316 e. The van der Waals surface area contributed by atoms with E-state index in [1.807, 2.05) is 6.07 Å². The van der Waals surface area contributed by atoms with Gasteiger partial charge in [0.05, 0.1) is 10.7 Å². The molecule has 16 heavy (non-hydrogen) atoms. The van der Waals surface area contributed by atoms with Crippen molar-refractivity contribution in [3.63, 3.8) is 0 Å². The number of benzene rings is 1. The van der Waals surface area contributed by atoms with Gasteiger partial charge in [-0.15, -0.1) is 11.3 Å². The number of hydrogen-bond acceptors (Lipinski definition) is 3. The van der Waals surface area contributed by atoms with Crippen LogP contribution in [0.3, 0.4) is 0 Å². The lowest BCUT2D eigenvalue weighted by Gasteiger charge is -2.02. The first kappa shape index (κ1) is 10.00. The summed E-state index contributed by atoms with van der Waals surface area (Å²) in [6, 6.07) is 10.4. The lowest BCUT2D eigenvalue weighted by Crippen LogP contribution is -2.07. The number of nitrogens with one attached hydrogen (secondary N) is 1. The Kier molecular flexibility index (Phi) is 2.72. The van der Waals surface area contributed by atoms with Gasteiger partial charge in [0.2, 0.25) is 0 Å². The van der Waals surface area contributed by atoms with Crippen molar-refractivity contribution in [2.75, 3.05) is 13.1 Å². The molecule has 82 valence electrons. The highest BCUT2D eigenvalue weighted by Gasteiger charge is 2.19. The molecule has 0 bridgehead atoms. The van der Waals surface area contributed by atoms with Crippen LogP contribution in [0.1, 0.15) is 17.3 Å². The summed E-state index contributed by atoms with van der Waals surface area (Å²) in [6.07, 6.45) is 1.22. The molecule has 2 nitrogen and oxygen atoms in total. The van der Waals surface area contributed by atoms with Crippen LogP contribution in [0.4, 0.5) is 0 Å². The minimum atomic E-state index is 0.627. The molecule has 0 amide bonds. The molecule has 1 aromatic heterocycles. The second kappa shape index (κ2) is 4.36. The first-order chi connectivity index (χ1) is 7.93. The largest absolute Gasteiger partial charge is 0.316 e. The fourth-order valence-electron chi connectivity index (χ4n) is 2.08. The van der Waals surface area contributed by atoms with Crippen molar-refractivity contribution in [2.45, 2.75) is 12.3 Å². The summed E-state index contributed by atoms with van der Waals surface area (Å²) in [5, 5.41) is 6.84. The average molecular weight is 230 g/mol. The SMILES string of the molecule is c1ccc(-c2csc(C3CCNC3)n2)cc1. The quantitative estimate of drug-likeness (QED) is 0.858. The monoisotopic (exact) mass is 230 g/mol. The number of aromatic nitrogens is 1. The van der Waals surface area contributed by atoms with E-state index in [0.717, 1.165) is 18.8 Å². The van der Waals surface area contributed by atoms with Crippen molar-refractivity contribution in [3.8, 4) is 11.3 Å². The van der Waals surface area contributed by atoms with E-state index in [2.05, 4.69) is 35.0 Å². The smallest absolute Gasteiger partial charge is 0.0976 e. The summed E-state index contributed by atoms with van der Waals surface area (Å²) in [4.78, 5) is 4.74. The topological polar surface area (TPSA) is 24.9 Å². The molecule has 0 radical (unpaired) electrons. The van der Waals surface area contributed by atoms with E-state index >= 15 is 0 Å². The normalized spacial score (nSPS) is 20.1. The van der Waals surface area contributed by atoms with Gasteiger partial charge in [-0.2, -0.15) is 0 Å². The van der Waals surface area contributed by atoms with Gasteiger partial charge in [0, 0.05) is 23.4 Å². The maximum Gasteiger partial charge on any atom is 0.0976 e. The molecule has 2 heterocycles. The Morgan fingerprint density at radius 2 is 2.12 bits per heavy atom. The second-order valence-corrected chi connectivity index (χ2v) is 5.02. The van der Waals surface area contributed by atoms with Gasteiger partial charge >= 0.3 is 0 Å². The molecule has 2 aromatic rings. The van der Waals surface area contributed by atoms with Crippen molar-refractivity contribution < 1.29 is 0 Å². The highest BCUT2D eigenvalue weighted by atomic mass is 32.1. The molecular weight excluding hydrogens is 216 g/mol. The van der Waals surface area contributed by atoms with E-state index in [9.17, 15) is 0 Å². The highest BCUT2D eigenvalue weighted by molar-refractivity contribution is 7.10. The van der Waals surface area contributed by atoms with E-state index in [-0.39, 0.29) is 0 Å². The molecular formula is C13H14N2S. The van der Waals surface area contributed by atoms with Gasteiger partial charge in [-0.25, -0.2) is 4.98 Å². The molecule has 3 heteroatoms. The first-order valence-corrected chi connectivity index (χ1v) is 6.53. The van der Waals surface area contributed by atoms with E-state index in [1.165, 1.54) is 17.0 Å². The molecule has 1 unspecified atom stereocenters. The van der Waals surface area contributed by atoms with Crippen molar-refractivity contribution in [1.29, 1.82) is 0 Å². The maximum atomic E-state index is 4.74. The Morgan fingerprint density at radius 1 is 1.25 bits per heavy atom. The predicted octanol–water partition coefficient (Wildman–Crippen LogP) is 2.89. The molecule has 0 spiro atoms. The van der Waals surface area contributed by atoms with Gasteiger partial charge < -0.3 is 5.32 Å². The van der Waals surface area contributed by atoms with Crippen molar-refractivity contribution in [2.24, 2.45) is 0 Å². The Hall–Kier alpha value is -1.19. The zero-order valence-corrected chi connectivity index (χ0v) is 9.83. The van der Waals surface area contributed by atoms with Crippen LogP contribution in [0.5, 0.6) is 0 Å². The Balaban J connectivity index is 1.87. The fraction of sp³-hybridized carbons (Fsp3) is 0.308. The van der Waals surface area contributed by atoms with Crippen LogP contribution in [0, 0.1) is 0 Å². The van der Waals surface area contributed by atoms with E-state index in [1.54, 1.807) is 11.3 Å². The van der Waals surface area contributed by atoms with Crippen molar-refractivity contribution in [3.05, 3.63) is 40.7 Å². The molecule has 1 fully saturated rings. The zero-order valence-electron chi connectivity index (χ0n) is 9.02. The average Bonchev–Trinajstić information content (AvgIpc) is 3.01. The second-order valence-electron chi connectivity index (χ2n) is 4.13. The summed E-state index contributed by atoms with van der Waals surface area (Å²) in [6.45, 7) is 2.21. The first-order valence-electron chi connectivity index (χ1n) is 5.65. The van der Waals surface area contributed by atoms with Gasteiger partial charge in [0.1, 0.15) is 0 Å². The van der Waals surface area contributed by atoms with E-state index < -0.39 is 0 Å². The van der Waals surface area contributed by atoms with E-state index in [4.69, 9.17) is 4.98 Å². The molecule has 1 saturated heterocycles. The Labute approximate surface area is 99.4 Å². The molecule has 1 atom stereocenters. The van der Waals surface area contributed by atoms with Crippen LogP contribution in [-0.2, 0) is 0 Å². The molecule has 1 aromatic carbocycles. The van der Waals surface area contributed by atoms with E-state index in [0.29, 0.717) is 5.92 Å². The number of thiazole rings is 1. The van der Waals surface area contributed by atoms with Gasteiger partial charge in [-0.3, -0.25) is 0 Å². The van der Waals surface area contributed by atoms with Crippen LogP contribution in [0.15, 0.2) is 35.7 Å². The molecule has 0 saturated carbocycles. The van der Waals surface area contributed by atoms with Crippen LogP contribution < -0.4 is 5.32 Å². The fourth-order valence-corrected chi connectivity index (χ4v) is 3.05. The number of rotatable bonds is 2. The zero-order chi connectivity index (χ0) is 10.8. The van der Waals surface area contributed by atoms with Gasteiger partial charge in [0.25, 0.3) is 0 Å². The number of nitrogens with zero attached hydrogens (tertiary/aromatic N) is 1. The third-order valence-electron chi connectivity index (χ3n) is 3.00. The van der Waals surface area contributed by atoms with Crippen molar-refractivity contribution >= 4 is 11.3 Å². The van der Waals surface area contributed by atoms with Gasteiger partial charge in [0.15, 0.2) is 0 Å². The molecule has 1 aliphatic rings. The molecule has 0 aliphatic carbocycles. The summed E-state index contributed by atoms with van der Waals surface area (Å²) >= 11 is 1.79. The molecule has 1 aliphatic heterocycles. The van der Waals surface area contributed by atoms with Crippen LogP contribution in [0.2, 0.25) is 0 Å². The Morgan fingerprint density at radius 3 is 2.88 bits per heavy atom. The number of hydrogen-bond donors (Lipinski definition) is 1. The summed E-state index contributed by atoms with van der Waals surface area (Å²) in [7, 11) is 0. The summed E-state index contributed by atoms with van der Waals surface area (Å²) in [5.74, 6) is 0.627.